The van der Waals surface area contributed by atoms with Crippen molar-refractivity contribution in [2.75, 3.05) is 39.6 Å². The highest BCUT2D eigenvalue weighted by Crippen LogP contribution is 2.60. The van der Waals surface area contributed by atoms with Crippen LogP contribution in [0.4, 0.5) is 0 Å². The fourth-order valence-corrected chi connectivity index (χ4v) is 3.87. The first-order valence-corrected chi connectivity index (χ1v) is 9.03. The van der Waals surface area contributed by atoms with Crippen molar-refractivity contribution in [3.05, 3.63) is 0 Å². The summed E-state index contributed by atoms with van der Waals surface area (Å²) in [6.45, 7) is 0.959. The third-order valence-corrected chi connectivity index (χ3v) is 4.92. The van der Waals surface area contributed by atoms with Crippen LogP contribution in [0.1, 0.15) is 6.42 Å². The molecule has 0 amide bonds. The Kier molecular flexibility index (Phi) is 6.90. The predicted molar refractivity (Wildman–Crippen MR) is 71.7 cm³/mol. The van der Waals surface area contributed by atoms with E-state index in [9.17, 15) is 9.13 Å². The van der Waals surface area contributed by atoms with Crippen LogP contribution in [0.15, 0.2) is 26.0 Å². The summed E-state index contributed by atoms with van der Waals surface area (Å²) in [6, 6.07) is 0. The maximum absolute atomic E-state index is 11.6. The van der Waals surface area contributed by atoms with E-state index in [2.05, 4.69) is 26.0 Å². The normalized spacial score (nSPS) is 31.0. The molecule has 1 N–H and O–H groups in total. The molecular weight excluding hydrogens is 354 g/mol. The zero-order chi connectivity index (χ0) is 16.6. The highest BCUT2D eigenvalue weighted by molar-refractivity contribution is 7.48. The molecule has 13 nitrogen and oxygen atoms in total. The van der Waals surface area contributed by atoms with Gasteiger partial charge in [-0.05, 0) is 27.3 Å². The topological polar surface area (TPSA) is 166 Å². The molecule has 0 aromatic heterocycles. The molecule has 2 bridgehead atoms. The Morgan fingerprint density at radius 1 is 1.13 bits per heavy atom. The van der Waals surface area contributed by atoms with Gasteiger partial charge in [-0.2, -0.15) is 10.6 Å². The monoisotopic (exact) mass is 369 g/mol. The van der Waals surface area contributed by atoms with Crippen molar-refractivity contribution in [2.24, 2.45) is 31.4 Å². The van der Waals surface area contributed by atoms with Crippen LogP contribution in [0.5, 0.6) is 0 Å². The van der Waals surface area contributed by atoms with Crippen LogP contribution in [0, 0.1) is 10.9 Å². The van der Waals surface area contributed by atoms with Crippen molar-refractivity contribution in [1.29, 1.82) is 5.53 Å². The van der Waals surface area contributed by atoms with Gasteiger partial charge in [0.15, 0.2) is 0 Å². The van der Waals surface area contributed by atoms with Gasteiger partial charge in [-0.3, -0.25) is 13.6 Å². The molecule has 15 heteroatoms. The highest BCUT2D eigenvalue weighted by atomic mass is 31.2. The van der Waals surface area contributed by atoms with Crippen LogP contribution in [0.3, 0.4) is 0 Å². The fourth-order valence-electron chi connectivity index (χ4n) is 1.62. The van der Waals surface area contributed by atoms with Crippen molar-refractivity contribution in [1.82, 2.24) is 0 Å². The minimum atomic E-state index is -3.36. The minimum Gasteiger partial charge on any atom is -0.286 e. The average Bonchev–Trinajstić information content (AvgIpc) is 2.57. The number of rotatable bonds is 10. The van der Waals surface area contributed by atoms with Gasteiger partial charge in [-0.1, -0.05) is 0 Å². The van der Waals surface area contributed by atoms with E-state index in [1.54, 1.807) is 0 Å². The third-order valence-electron chi connectivity index (χ3n) is 2.85. The molecule has 0 aliphatic carbocycles. The molecule has 3 rings (SSSR count). The third kappa shape index (κ3) is 5.81. The van der Waals surface area contributed by atoms with Gasteiger partial charge in [-0.25, -0.2) is 4.57 Å². The molecule has 0 aromatic carbocycles. The zero-order valence-electron chi connectivity index (χ0n) is 11.9. The maximum atomic E-state index is 11.6. The van der Waals surface area contributed by atoms with Gasteiger partial charge in [0.05, 0.1) is 31.8 Å². The highest BCUT2D eigenvalue weighted by Gasteiger charge is 2.52. The number of nitrogens with zero attached hydrogens (tertiary/aromatic N) is 5. The lowest BCUT2D eigenvalue weighted by atomic mass is 9.93. The van der Waals surface area contributed by atoms with Crippen molar-refractivity contribution in [2.45, 2.75) is 6.42 Å². The van der Waals surface area contributed by atoms with E-state index in [4.69, 9.17) is 28.1 Å². The van der Waals surface area contributed by atoms with E-state index < -0.39 is 21.5 Å². The molecule has 0 aromatic rings. The minimum absolute atomic E-state index is 0.0406. The van der Waals surface area contributed by atoms with Gasteiger partial charge in [0.2, 0.25) is 0 Å². The second kappa shape index (κ2) is 8.69. The molecule has 0 radical (unpaired) electrons. The molecule has 0 spiro atoms. The smallest absolute Gasteiger partial charge is 0.286 e. The number of hydrogen-bond donors (Lipinski definition) is 1. The summed E-state index contributed by atoms with van der Waals surface area (Å²) >= 11 is 0. The van der Waals surface area contributed by atoms with Gasteiger partial charge in [0, 0.05) is 4.57 Å². The first kappa shape index (κ1) is 18.3. The second-order valence-electron chi connectivity index (χ2n) is 4.68. The van der Waals surface area contributed by atoms with Crippen LogP contribution in [0.25, 0.3) is 0 Å². The molecule has 0 saturated carbocycles. The second-order valence-corrected chi connectivity index (χ2v) is 7.32. The summed E-state index contributed by atoms with van der Waals surface area (Å²) in [5.74, 6) is 0. The molecule has 128 valence electrons. The van der Waals surface area contributed by atoms with Crippen molar-refractivity contribution in [3.63, 3.8) is 0 Å². The van der Waals surface area contributed by atoms with Crippen LogP contribution >= 0.6 is 16.1 Å². The molecule has 23 heavy (non-hydrogen) atoms. The maximum Gasteiger partial charge on any atom is 0.697 e. The van der Waals surface area contributed by atoms with Crippen LogP contribution in [0.2, 0.25) is 0 Å². The lowest BCUT2D eigenvalue weighted by molar-refractivity contribution is -0.110. The Hall–Kier alpha value is -1.07. The largest absolute Gasteiger partial charge is 0.697 e. The first-order chi connectivity index (χ1) is 11.1. The molecule has 3 aliphatic rings. The van der Waals surface area contributed by atoms with E-state index >= 15 is 0 Å². The Balaban J connectivity index is 1.57. The summed E-state index contributed by atoms with van der Waals surface area (Å²) in [6.07, 6.45) is 0.450. The fraction of sp³-hybridized carbons (Fsp3) is 1.00. The van der Waals surface area contributed by atoms with Crippen LogP contribution in [-0.4, -0.2) is 39.6 Å². The Morgan fingerprint density at radius 3 is 2.48 bits per heavy atom. The van der Waals surface area contributed by atoms with Gasteiger partial charge < -0.3 is 0 Å². The Labute approximate surface area is 131 Å². The quantitative estimate of drug-likeness (QED) is 0.267. The van der Waals surface area contributed by atoms with Gasteiger partial charge >= 0.3 is 16.1 Å². The molecular formula is C8H15N6O7P2+. The average molecular weight is 369 g/mol. The van der Waals surface area contributed by atoms with Crippen molar-refractivity contribution in [3.8, 4) is 0 Å². The summed E-state index contributed by atoms with van der Waals surface area (Å²) < 4.78 is 48.3. The van der Waals surface area contributed by atoms with E-state index in [0.717, 1.165) is 0 Å². The summed E-state index contributed by atoms with van der Waals surface area (Å²) in [5.41, 5.74) is 5.69. The molecule has 3 aliphatic heterocycles. The standard InChI is InChI=1S/C8H15N6O7P2/c9-11-13-14-12-10-2-1-3-17-22(15)18-4-8-5-19-23(16,20-6-8)21-7-8/h9H,1-7H2/q+1/b11-9?,12-10?,14-13+. The molecule has 1 atom stereocenters. The van der Waals surface area contributed by atoms with E-state index in [0.29, 0.717) is 6.42 Å². The predicted octanol–water partition coefficient (Wildman–Crippen LogP) is 3.00. The van der Waals surface area contributed by atoms with Gasteiger partial charge in [-0.15, -0.1) is 9.05 Å². The van der Waals surface area contributed by atoms with E-state index in [-0.39, 0.29) is 39.6 Å². The Morgan fingerprint density at radius 2 is 1.83 bits per heavy atom. The first-order valence-electron chi connectivity index (χ1n) is 6.48. The summed E-state index contributed by atoms with van der Waals surface area (Å²) in [5, 5.41) is 15.4. The molecule has 3 heterocycles. The SMILES string of the molecule is N=N/N=N/N=NCCCO[P+](=O)OCC12COP(=O)(OC1)OC2. The number of fused-ring (bicyclic) bond motifs is 3. The van der Waals surface area contributed by atoms with Crippen LogP contribution in [-0.2, 0) is 31.7 Å². The summed E-state index contributed by atoms with van der Waals surface area (Å²) in [4.78, 5) is 0. The van der Waals surface area contributed by atoms with E-state index in [1.807, 2.05) is 0 Å². The van der Waals surface area contributed by atoms with Crippen LogP contribution < -0.4 is 0 Å². The lowest BCUT2D eigenvalue weighted by Crippen LogP contribution is -2.47. The van der Waals surface area contributed by atoms with E-state index in [1.165, 1.54) is 0 Å². The summed E-state index contributed by atoms with van der Waals surface area (Å²) in [7, 11) is -5.67. The molecule has 1 unspecified atom stereocenters. The number of phosphoric ester groups is 1. The van der Waals surface area contributed by atoms with Crippen molar-refractivity contribution < 1.29 is 31.7 Å². The number of hydrogen-bond acceptors (Lipinski definition) is 9. The number of nitrogens with one attached hydrogen (secondary N) is 1. The molecule has 3 saturated heterocycles. The van der Waals surface area contributed by atoms with Gasteiger partial charge in [0.25, 0.3) is 0 Å². The van der Waals surface area contributed by atoms with Gasteiger partial charge in [0.1, 0.15) is 13.2 Å². The molecule has 3 fully saturated rings. The van der Waals surface area contributed by atoms with Crippen molar-refractivity contribution >= 4 is 16.1 Å². The zero-order valence-corrected chi connectivity index (χ0v) is 13.7. The number of phosphoric acid groups is 1. The lowest BCUT2D eigenvalue weighted by Gasteiger charge is -2.42. The Bertz CT molecular complexity index is 512.